The van der Waals surface area contributed by atoms with E-state index in [2.05, 4.69) is 132 Å². The van der Waals surface area contributed by atoms with Crippen molar-refractivity contribution in [1.82, 2.24) is 0 Å². The van der Waals surface area contributed by atoms with Crippen molar-refractivity contribution in [2.45, 2.75) is 72.1 Å². The van der Waals surface area contributed by atoms with Crippen LogP contribution in [0.25, 0.3) is 0 Å². The third kappa shape index (κ3) is 10.0. The summed E-state index contributed by atoms with van der Waals surface area (Å²) in [6.07, 6.45) is 0. The Bertz CT molecular complexity index is 1530. The van der Waals surface area contributed by atoms with Crippen molar-refractivity contribution in [2.24, 2.45) is 0 Å². The number of nitrogens with zero attached hydrogens (tertiary/aromatic N) is 2. The Morgan fingerprint density at radius 1 is 0.591 bits per heavy atom. The van der Waals surface area contributed by atoms with Crippen LogP contribution in [0.3, 0.4) is 0 Å². The van der Waals surface area contributed by atoms with Crippen LogP contribution in [0.1, 0.15) is 47.1 Å². The average Bonchev–Trinajstić information content (AvgIpc) is 2.93. The molecule has 44 heavy (non-hydrogen) atoms. The molecule has 0 radical (unpaired) electrons. The lowest BCUT2D eigenvalue weighted by Gasteiger charge is -2.21. The molecular weight excluding hydrogens is 589 g/mol. The Hall–Kier alpha value is -3.46. The first-order valence-corrected chi connectivity index (χ1v) is 17.1. The van der Waals surface area contributed by atoms with Gasteiger partial charge < -0.3 is 19.1 Å². The largest absolute Gasteiger partial charge is 0.744 e. The van der Waals surface area contributed by atoms with Gasteiger partial charge in [0.05, 0.1) is 15.8 Å². The van der Waals surface area contributed by atoms with Crippen molar-refractivity contribution >= 4 is 32.4 Å². The molecule has 6 nitrogen and oxygen atoms in total. The lowest BCUT2D eigenvalue weighted by Crippen LogP contribution is -2.22. The summed E-state index contributed by atoms with van der Waals surface area (Å²) in [5.41, 5.74) is 3.18. The number of rotatable bonds is 7. The van der Waals surface area contributed by atoms with Crippen LogP contribution in [0.5, 0.6) is 5.75 Å². The van der Waals surface area contributed by atoms with E-state index in [0.29, 0.717) is 0 Å². The molecule has 4 aromatic carbocycles. The fraction of sp³-hybridized carbons (Fsp3) is 0.333. The summed E-state index contributed by atoms with van der Waals surface area (Å²) >= 11 is 0. The van der Waals surface area contributed by atoms with Crippen molar-refractivity contribution in [2.75, 3.05) is 38.0 Å². The third-order valence-corrected chi connectivity index (χ3v) is 9.75. The monoisotopic (exact) mass is 634 g/mol. The van der Waals surface area contributed by atoms with Gasteiger partial charge in [0.25, 0.3) is 0 Å². The predicted molar refractivity (Wildman–Crippen MR) is 184 cm³/mol. The van der Waals surface area contributed by atoms with E-state index >= 15 is 0 Å². The molecule has 0 amide bonds. The first-order chi connectivity index (χ1) is 20.3. The molecule has 0 fully saturated rings. The molecule has 0 atom stereocenters. The van der Waals surface area contributed by atoms with Crippen LogP contribution < -0.4 is 14.5 Å². The molecule has 0 aliphatic rings. The first-order valence-electron chi connectivity index (χ1n) is 14.5. The molecule has 0 bridgehead atoms. The molecule has 0 saturated carbocycles. The van der Waals surface area contributed by atoms with Crippen LogP contribution in [-0.4, -0.2) is 46.8 Å². The maximum Gasteiger partial charge on any atom is 0.166 e. The maximum atomic E-state index is 10.6. The highest BCUT2D eigenvalue weighted by atomic mass is 32.2. The smallest absolute Gasteiger partial charge is 0.166 e. The van der Waals surface area contributed by atoms with Crippen molar-refractivity contribution in [3.05, 3.63) is 103 Å². The van der Waals surface area contributed by atoms with Crippen molar-refractivity contribution < 1.29 is 17.7 Å². The summed E-state index contributed by atoms with van der Waals surface area (Å²) in [7, 11) is 3.79. The van der Waals surface area contributed by atoms with Crippen LogP contribution in [0.15, 0.2) is 117 Å². The van der Waals surface area contributed by atoms with Gasteiger partial charge in [-0.15, -0.1) is 0 Å². The Balaban J connectivity index is 0.000000317. The number of hydrogen-bond acceptors (Lipinski definition) is 6. The highest BCUT2D eigenvalue weighted by Gasteiger charge is 2.29. The zero-order valence-corrected chi connectivity index (χ0v) is 29.2. The van der Waals surface area contributed by atoms with Gasteiger partial charge in [0.1, 0.15) is 21.5 Å². The van der Waals surface area contributed by atoms with E-state index in [1.165, 1.54) is 38.2 Å². The second-order valence-electron chi connectivity index (χ2n) is 13.0. The molecule has 0 N–H and O–H groups in total. The summed E-state index contributed by atoms with van der Waals surface area (Å²) < 4.78 is 37.9. The van der Waals surface area contributed by atoms with Crippen LogP contribution in [-0.2, 0) is 26.4 Å². The van der Waals surface area contributed by atoms with Crippen LogP contribution >= 0.6 is 0 Å². The first kappa shape index (κ1) is 35.0. The minimum atomic E-state index is -4.32. The van der Waals surface area contributed by atoms with Crippen LogP contribution in [0.4, 0.5) is 11.4 Å². The maximum absolute atomic E-state index is 10.6. The fourth-order valence-corrected chi connectivity index (χ4v) is 6.80. The summed E-state index contributed by atoms with van der Waals surface area (Å²) in [5, 5.41) is 0. The van der Waals surface area contributed by atoms with Gasteiger partial charge in [-0.05, 0) is 117 Å². The second kappa shape index (κ2) is 14.1. The van der Waals surface area contributed by atoms with E-state index in [0.717, 1.165) is 11.3 Å². The molecule has 4 aromatic rings. The number of hydrogen-bond donors (Lipinski definition) is 0. The van der Waals surface area contributed by atoms with Crippen molar-refractivity contribution in [1.29, 1.82) is 0 Å². The van der Waals surface area contributed by atoms with E-state index in [1.807, 2.05) is 20.8 Å². The van der Waals surface area contributed by atoms with Crippen LogP contribution in [0, 0.1) is 0 Å². The Morgan fingerprint density at radius 2 is 0.955 bits per heavy atom. The second-order valence-corrected chi connectivity index (χ2v) is 16.4. The van der Waals surface area contributed by atoms with Gasteiger partial charge in [0.15, 0.2) is 14.7 Å². The summed E-state index contributed by atoms with van der Waals surface area (Å²) in [6.45, 7) is 12.3. The summed E-state index contributed by atoms with van der Waals surface area (Å²) in [5.74, 6) is 0.903. The molecule has 8 heteroatoms. The van der Waals surface area contributed by atoms with E-state index in [9.17, 15) is 13.0 Å². The predicted octanol–water partition coefficient (Wildman–Crippen LogP) is 7.98. The normalized spacial score (nSPS) is 11.9. The standard InChI is InChI=1S/C26H33N2OS.C10H14O3S/c1-26(2,3)29-22-12-18-25(19-13-22)30(23-14-8-20(9-15-23)27(4)5)24-16-10-21(11-17-24)28(6)7;1-10(2,3)8-4-6-9(7-5-8)14(11,12)13/h8-19H,1-7H3;4-7H,1-3H3,(H,11,12,13)/q+1;/p-1. The third-order valence-electron chi connectivity index (χ3n) is 6.67. The Kier molecular flexibility index (Phi) is 11.2. The highest BCUT2D eigenvalue weighted by Crippen LogP contribution is 2.34. The molecule has 0 spiro atoms. The van der Waals surface area contributed by atoms with E-state index in [1.54, 1.807) is 12.1 Å². The lowest BCUT2D eigenvalue weighted by molar-refractivity contribution is 0.131. The summed E-state index contributed by atoms with van der Waals surface area (Å²) in [6, 6.07) is 32.4. The molecule has 0 aliphatic heterocycles. The molecule has 0 aliphatic carbocycles. The molecule has 0 heterocycles. The van der Waals surface area contributed by atoms with E-state index in [4.69, 9.17) is 4.74 Å². The molecule has 236 valence electrons. The number of ether oxygens (including phenoxy) is 1. The van der Waals surface area contributed by atoms with E-state index in [-0.39, 0.29) is 26.8 Å². The number of anilines is 2. The van der Waals surface area contributed by atoms with Crippen molar-refractivity contribution in [3.63, 3.8) is 0 Å². The minimum absolute atomic E-state index is 0.0365. The molecule has 0 unspecified atom stereocenters. The zero-order chi connectivity index (χ0) is 32.9. The van der Waals surface area contributed by atoms with Crippen molar-refractivity contribution in [3.8, 4) is 5.75 Å². The van der Waals surface area contributed by atoms with Crippen LogP contribution in [0.2, 0.25) is 0 Å². The lowest BCUT2D eigenvalue weighted by atomic mass is 9.87. The van der Waals surface area contributed by atoms with Gasteiger partial charge >= 0.3 is 0 Å². The number of benzene rings is 4. The van der Waals surface area contributed by atoms with E-state index < -0.39 is 10.1 Å². The van der Waals surface area contributed by atoms with Gasteiger partial charge in [-0.2, -0.15) is 0 Å². The topological polar surface area (TPSA) is 72.9 Å². The van der Waals surface area contributed by atoms with Gasteiger partial charge in [-0.1, -0.05) is 32.9 Å². The Morgan fingerprint density at radius 3 is 1.25 bits per heavy atom. The highest BCUT2D eigenvalue weighted by molar-refractivity contribution is 7.97. The molecular formula is C36H46N2O4S2. The quantitative estimate of drug-likeness (QED) is 0.152. The zero-order valence-electron chi connectivity index (χ0n) is 27.6. The van der Waals surface area contributed by atoms with Gasteiger partial charge in [0, 0.05) is 39.6 Å². The van der Waals surface area contributed by atoms with Gasteiger partial charge in [-0.3, -0.25) is 0 Å². The average molecular weight is 635 g/mol. The SMILES string of the molecule is CC(C)(C)c1ccc(S(=O)(=O)[O-])cc1.CN(C)c1ccc([S+](c2ccc(OC(C)(C)C)cc2)c2ccc(N(C)C)cc2)cc1. The molecule has 0 aromatic heterocycles. The fourth-order valence-electron chi connectivity index (χ4n) is 4.29. The molecule has 4 rings (SSSR count). The minimum Gasteiger partial charge on any atom is -0.744 e. The summed E-state index contributed by atoms with van der Waals surface area (Å²) in [4.78, 5) is 7.99. The van der Waals surface area contributed by atoms with Gasteiger partial charge in [-0.25, -0.2) is 8.42 Å². The molecule has 0 saturated heterocycles. The Labute approximate surface area is 267 Å². The van der Waals surface area contributed by atoms with Gasteiger partial charge in [0.2, 0.25) is 0 Å².